The molecule has 1 aliphatic heterocycles. The molecule has 2 atom stereocenters. The highest BCUT2D eigenvalue weighted by molar-refractivity contribution is 6.38. The van der Waals surface area contributed by atoms with Crippen molar-refractivity contribution < 1.29 is 28.2 Å². The van der Waals surface area contributed by atoms with Gasteiger partial charge in [0.25, 0.3) is 0 Å². The molecular formula is C28H29Cl3F2N4O5. The standard InChI is InChI=1S/C28H29Cl3F2N4O5/c29-17-2-1-16(19(30)11-17)14-34-28(40)42-23-15-37(22-13-20(22)32)25-18(27(23)39)12-21(33)26(24(25)31)36-5-3-35(4-6-36)7-9-41-10-8-38/h1-2,11-12,15,20,22,38H,3-10,13-14H2,(H,34,40)/t20-,22+/m0/s1. The van der Waals surface area contributed by atoms with Gasteiger partial charge in [0.2, 0.25) is 5.43 Å². The first-order valence-corrected chi connectivity index (χ1v) is 14.6. The third-order valence-electron chi connectivity index (χ3n) is 7.31. The number of pyridine rings is 1. The summed E-state index contributed by atoms with van der Waals surface area (Å²) < 4.78 is 42.0. The normalized spacial score (nSPS) is 18.9. The highest BCUT2D eigenvalue weighted by atomic mass is 35.5. The molecule has 2 N–H and O–H groups in total. The van der Waals surface area contributed by atoms with Gasteiger partial charge in [-0.15, -0.1) is 0 Å². The Labute approximate surface area is 255 Å². The number of amides is 1. The molecular weight excluding hydrogens is 617 g/mol. The van der Waals surface area contributed by atoms with Crippen LogP contribution in [0.25, 0.3) is 10.9 Å². The SMILES string of the molecule is O=C(NCc1ccc(Cl)cc1Cl)Oc1cn([C@@H]2C[C@@H]2F)c2c(Cl)c(N3CCN(CCOCCO)CC3)c(F)cc2c1=O. The number of hydrogen-bond donors (Lipinski definition) is 2. The number of nitrogens with zero attached hydrogens (tertiary/aromatic N) is 3. The van der Waals surface area contributed by atoms with Crippen LogP contribution in [0, 0.1) is 5.82 Å². The second-order valence-electron chi connectivity index (χ2n) is 10.1. The fourth-order valence-electron chi connectivity index (χ4n) is 4.99. The number of piperazine rings is 1. The summed E-state index contributed by atoms with van der Waals surface area (Å²) in [5.74, 6) is -1.09. The number of benzene rings is 2. The van der Waals surface area contributed by atoms with Gasteiger partial charge >= 0.3 is 6.09 Å². The lowest BCUT2D eigenvalue weighted by atomic mass is 10.1. The molecule has 9 nitrogen and oxygen atoms in total. The summed E-state index contributed by atoms with van der Waals surface area (Å²) in [6, 6.07) is 5.21. The number of hydrogen-bond acceptors (Lipinski definition) is 7. The summed E-state index contributed by atoms with van der Waals surface area (Å²) in [6.07, 6.45) is -0.703. The van der Waals surface area contributed by atoms with Crippen molar-refractivity contribution in [2.75, 3.05) is 57.4 Å². The van der Waals surface area contributed by atoms with Gasteiger partial charge in [-0.05, 0) is 23.8 Å². The summed E-state index contributed by atoms with van der Waals surface area (Å²) in [5, 5.41) is 12.0. The monoisotopic (exact) mass is 644 g/mol. The third-order valence-corrected chi connectivity index (χ3v) is 8.25. The van der Waals surface area contributed by atoms with E-state index in [4.69, 9.17) is 49.4 Å². The average molecular weight is 646 g/mol. The minimum absolute atomic E-state index is 0.00144. The first-order valence-electron chi connectivity index (χ1n) is 13.4. The summed E-state index contributed by atoms with van der Waals surface area (Å²) in [5.41, 5.74) is 0.140. The fraction of sp³-hybridized carbons (Fsp3) is 0.429. The number of ether oxygens (including phenoxy) is 2. The maximum atomic E-state index is 15.6. The summed E-state index contributed by atoms with van der Waals surface area (Å²) in [6.45, 7) is 3.58. The number of nitrogens with one attached hydrogen (secondary N) is 1. The molecule has 0 spiro atoms. The lowest BCUT2D eigenvalue weighted by molar-refractivity contribution is 0.0724. The van der Waals surface area contributed by atoms with E-state index in [-0.39, 0.29) is 53.5 Å². The van der Waals surface area contributed by atoms with Crippen LogP contribution in [0.5, 0.6) is 5.75 Å². The topological polar surface area (TPSA) is 96.3 Å². The number of rotatable bonds is 10. The van der Waals surface area contributed by atoms with Crippen molar-refractivity contribution >= 4 is 57.5 Å². The minimum Gasteiger partial charge on any atom is -0.405 e. The van der Waals surface area contributed by atoms with Crippen LogP contribution in [0.4, 0.5) is 19.3 Å². The molecule has 1 saturated carbocycles. The Morgan fingerprint density at radius 2 is 1.86 bits per heavy atom. The predicted octanol–water partition coefficient (Wildman–Crippen LogP) is 4.80. The van der Waals surface area contributed by atoms with Crippen LogP contribution in [0.3, 0.4) is 0 Å². The molecule has 0 radical (unpaired) electrons. The largest absolute Gasteiger partial charge is 0.413 e. The number of aliphatic hydroxyl groups is 1. The Bertz CT molecular complexity index is 1530. The quantitative estimate of drug-likeness (QED) is 0.306. The van der Waals surface area contributed by atoms with Crippen LogP contribution in [-0.4, -0.2) is 79.4 Å². The van der Waals surface area contributed by atoms with Crippen molar-refractivity contribution in [2.24, 2.45) is 0 Å². The van der Waals surface area contributed by atoms with Crippen molar-refractivity contribution in [1.82, 2.24) is 14.8 Å². The van der Waals surface area contributed by atoms with Crippen LogP contribution in [-0.2, 0) is 11.3 Å². The zero-order chi connectivity index (χ0) is 30.0. The van der Waals surface area contributed by atoms with E-state index in [0.717, 1.165) is 6.07 Å². The second-order valence-corrected chi connectivity index (χ2v) is 11.3. The maximum absolute atomic E-state index is 15.6. The molecule has 2 heterocycles. The first kappa shape index (κ1) is 30.8. The molecule has 0 unspecified atom stereocenters. The number of alkyl halides is 1. The van der Waals surface area contributed by atoms with Gasteiger partial charge in [-0.3, -0.25) is 9.69 Å². The lowest BCUT2D eigenvalue weighted by Gasteiger charge is -2.36. The van der Waals surface area contributed by atoms with Crippen molar-refractivity contribution in [3.8, 4) is 5.75 Å². The maximum Gasteiger partial charge on any atom is 0.413 e. The van der Waals surface area contributed by atoms with Gasteiger partial charge in [-0.2, -0.15) is 0 Å². The Morgan fingerprint density at radius 1 is 1.12 bits per heavy atom. The molecule has 0 bridgehead atoms. The molecule has 2 fully saturated rings. The van der Waals surface area contributed by atoms with Crippen LogP contribution in [0.2, 0.25) is 15.1 Å². The number of fused-ring (bicyclic) bond motifs is 1. The number of carbonyl (C=O) groups is 1. The van der Waals surface area contributed by atoms with E-state index < -0.39 is 29.6 Å². The van der Waals surface area contributed by atoms with Gasteiger partial charge in [-0.25, -0.2) is 13.6 Å². The summed E-state index contributed by atoms with van der Waals surface area (Å²) >= 11 is 18.8. The number of carbonyl (C=O) groups excluding carboxylic acids is 1. The summed E-state index contributed by atoms with van der Waals surface area (Å²) in [7, 11) is 0. The molecule has 3 aromatic rings. The van der Waals surface area contributed by atoms with Crippen molar-refractivity contribution in [3.63, 3.8) is 0 Å². The van der Waals surface area contributed by atoms with Gasteiger partial charge in [0.15, 0.2) is 5.75 Å². The Hall–Kier alpha value is -2.67. The van der Waals surface area contributed by atoms with Crippen LogP contribution in [0.1, 0.15) is 18.0 Å². The van der Waals surface area contributed by atoms with Gasteiger partial charge in [0.1, 0.15) is 12.0 Å². The molecule has 226 valence electrons. The lowest BCUT2D eigenvalue weighted by Crippen LogP contribution is -2.47. The number of halogens is 5. The van der Waals surface area contributed by atoms with Gasteiger partial charge in [-0.1, -0.05) is 40.9 Å². The molecule has 5 rings (SSSR count). The molecule has 42 heavy (non-hydrogen) atoms. The molecule has 2 aromatic carbocycles. The molecule has 14 heteroatoms. The minimum atomic E-state index is -1.19. The van der Waals surface area contributed by atoms with E-state index in [9.17, 15) is 14.0 Å². The van der Waals surface area contributed by atoms with E-state index in [0.29, 0.717) is 54.9 Å². The molecule has 1 aromatic heterocycles. The van der Waals surface area contributed by atoms with Crippen molar-refractivity contribution in [3.05, 3.63) is 67.1 Å². The number of aliphatic hydroxyl groups excluding tert-OH is 1. The van der Waals surface area contributed by atoms with Crippen LogP contribution < -0.4 is 20.4 Å². The first-order chi connectivity index (χ1) is 20.2. The van der Waals surface area contributed by atoms with Crippen molar-refractivity contribution in [2.45, 2.75) is 25.2 Å². The second kappa shape index (κ2) is 13.3. The smallest absolute Gasteiger partial charge is 0.405 e. The number of aromatic nitrogens is 1. The van der Waals surface area contributed by atoms with Gasteiger partial charge in [0, 0.05) is 55.7 Å². The molecule has 2 aliphatic rings. The fourth-order valence-corrected chi connectivity index (χ4v) is 5.88. The molecule has 1 aliphatic carbocycles. The summed E-state index contributed by atoms with van der Waals surface area (Å²) in [4.78, 5) is 29.9. The Balaban J connectivity index is 1.38. The highest BCUT2D eigenvalue weighted by Crippen LogP contribution is 2.44. The van der Waals surface area contributed by atoms with Crippen LogP contribution >= 0.6 is 34.8 Å². The van der Waals surface area contributed by atoms with Gasteiger partial charge < -0.3 is 29.4 Å². The zero-order valence-electron chi connectivity index (χ0n) is 22.4. The predicted molar refractivity (Wildman–Crippen MR) is 158 cm³/mol. The van der Waals surface area contributed by atoms with E-state index >= 15 is 4.39 Å². The average Bonchev–Trinajstić information content (AvgIpc) is 3.69. The van der Waals surface area contributed by atoms with Crippen molar-refractivity contribution in [1.29, 1.82) is 0 Å². The zero-order valence-corrected chi connectivity index (χ0v) is 24.7. The Kier molecular flexibility index (Phi) is 9.76. The number of anilines is 1. The third kappa shape index (κ3) is 6.77. The Morgan fingerprint density at radius 3 is 2.52 bits per heavy atom. The van der Waals surface area contributed by atoms with E-state index in [2.05, 4.69) is 10.2 Å². The van der Waals surface area contributed by atoms with E-state index in [1.54, 1.807) is 17.0 Å². The van der Waals surface area contributed by atoms with Gasteiger partial charge in [0.05, 0.1) is 53.7 Å². The van der Waals surface area contributed by atoms with E-state index in [1.807, 2.05) is 0 Å². The highest BCUT2D eigenvalue weighted by Gasteiger charge is 2.41. The van der Waals surface area contributed by atoms with E-state index in [1.165, 1.54) is 16.8 Å². The van der Waals surface area contributed by atoms with Crippen LogP contribution in [0.15, 0.2) is 35.3 Å². The molecule has 1 amide bonds. The molecule has 1 saturated heterocycles.